The Morgan fingerprint density at radius 3 is 2.58 bits per heavy atom. The van der Waals surface area contributed by atoms with Gasteiger partial charge in [0.1, 0.15) is 0 Å². The van der Waals surface area contributed by atoms with Crippen molar-refractivity contribution in [1.29, 1.82) is 0 Å². The number of hydrogen-bond acceptors (Lipinski definition) is 0. The van der Waals surface area contributed by atoms with Gasteiger partial charge < -0.3 is 0 Å². The van der Waals surface area contributed by atoms with Gasteiger partial charge in [-0.3, -0.25) is 0 Å². The fourth-order valence-corrected chi connectivity index (χ4v) is 7.23. The van der Waals surface area contributed by atoms with Crippen molar-refractivity contribution in [3.05, 3.63) is 148 Å². The first kappa shape index (κ1) is 24.7. The van der Waals surface area contributed by atoms with Crippen LogP contribution in [0.15, 0.2) is 125 Å². The summed E-state index contributed by atoms with van der Waals surface area (Å²) in [5.41, 5.74) is 15.4. The summed E-state index contributed by atoms with van der Waals surface area (Å²) < 4.78 is 0. The van der Waals surface area contributed by atoms with E-state index in [0.717, 1.165) is 32.1 Å². The molecule has 0 radical (unpaired) electrons. The zero-order valence-electron chi connectivity index (χ0n) is 23.1. The molecule has 0 spiro atoms. The summed E-state index contributed by atoms with van der Waals surface area (Å²) in [5, 5.41) is 2.70. The second kappa shape index (κ2) is 9.91. The van der Waals surface area contributed by atoms with Crippen LogP contribution in [0, 0.1) is 5.92 Å². The molecule has 38 heavy (non-hydrogen) atoms. The monoisotopic (exact) mass is 494 g/mol. The SMILES string of the molecule is C=C(CCC)C1=C(C)C=C2C/C(=C\C3=CCc4ccccc43)C(=C)C2C1c1c(CC)ccc2ccccc12. The molecule has 0 heteroatoms. The largest absolute Gasteiger partial charge is 0.0955 e. The highest BCUT2D eigenvalue weighted by Gasteiger charge is 2.42. The second-order valence-electron chi connectivity index (χ2n) is 11.2. The Labute approximate surface area is 228 Å². The average Bonchev–Trinajstić information content (AvgIpc) is 3.47. The molecule has 0 saturated heterocycles. The first-order valence-corrected chi connectivity index (χ1v) is 14.3. The van der Waals surface area contributed by atoms with Crippen LogP contribution in [0.1, 0.15) is 68.2 Å². The van der Waals surface area contributed by atoms with Crippen LogP contribution in [0.3, 0.4) is 0 Å². The van der Waals surface area contributed by atoms with E-state index in [9.17, 15) is 0 Å². The molecule has 3 aromatic carbocycles. The molecule has 0 N–H and O–H groups in total. The number of rotatable bonds is 6. The second-order valence-corrected chi connectivity index (χ2v) is 11.2. The van der Waals surface area contributed by atoms with E-state index in [-0.39, 0.29) is 11.8 Å². The van der Waals surface area contributed by atoms with E-state index < -0.39 is 0 Å². The molecule has 1 fully saturated rings. The van der Waals surface area contributed by atoms with Gasteiger partial charge in [-0.2, -0.15) is 0 Å². The molecule has 0 nitrogen and oxygen atoms in total. The van der Waals surface area contributed by atoms with Crippen molar-refractivity contribution in [3.63, 3.8) is 0 Å². The number of fused-ring (bicyclic) bond motifs is 3. The van der Waals surface area contributed by atoms with E-state index in [2.05, 4.69) is 106 Å². The van der Waals surface area contributed by atoms with E-state index in [1.54, 1.807) is 0 Å². The van der Waals surface area contributed by atoms with Crippen molar-refractivity contribution in [2.45, 2.75) is 58.8 Å². The van der Waals surface area contributed by atoms with Crippen molar-refractivity contribution in [2.24, 2.45) is 5.92 Å². The summed E-state index contributed by atoms with van der Waals surface area (Å²) in [7, 11) is 0. The van der Waals surface area contributed by atoms with Crippen LogP contribution in [0.5, 0.6) is 0 Å². The Balaban J connectivity index is 1.52. The predicted octanol–water partition coefficient (Wildman–Crippen LogP) is 10.2. The summed E-state index contributed by atoms with van der Waals surface area (Å²) in [4.78, 5) is 0. The van der Waals surface area contributed by atoms with Crippen molar-refractivity contribution >= 4 is 16.3 Å². The van der Waals surface area contributed by atoms with Gasteiger partial charge in [-0.05, 0) is 93.5 Å². The molecule has 3 aromatic rings. The maximum Gasteiger partial charge on any atom is 0.0210 e. The molecule has 0 heterocycles. The lowest BCUT2D eigenvalue weighted by Crippen LogP contribution is -2.22. The Morgan fingerprint density at radius 1 is 0.974 bits per heavy atom. The van der Waals surface area contributed by atoms with Gasteiger partial charge in [0.15, 0.2) is 0 Å². The fraction of sp³-hybridized carbons (Fsp3) is 0.263. The van der Waals surface area contributed by atoms with Gasteiger partial charge in [-0.15, -0.1) is 0 Å². The Bertz CT molecular complexity index is 1600. The molecule has 3 aliphatic rings. The van der Waals surface area contributed by atoms with Crippen molar-refractivity contribution in [2.75, 3.05) is 0 Å². The van der Waals surface area contributed by atoms with Gasteiger partial charge in [0.25, 0.3) is 0 Å². The lowest BCUT2D eigenvalue weighted by atomic mass is 9.67. The number of aryl methyl sites for hydroxylation is 1. The highest BCUT2D eigenvalue weighted by atomic mass is 14.4. The fourth-order valence-electron chi connectivity index (χ4n) is 7.23. The van der Waals surface area contributed by atoms with Crippen LogP contribution in [0.4, 0.5) is 0 Å². The molecule has 190 valence electrons. The summed E-state index contributed by atoms with van der Waals surface area (Å²) in [6.07, 6.45) is 12.5. The van der Waals surface area contributed by atoms with Crippen LogP contribution >= 0.6 is 0 Å². The molecule has 1 saturated carbocycles. The van der Waals surface area contributed by atoms with E-state index in [1.165, 1.54) is 72.0 Å². The minimum Gasteiger partial charge on any atom is -0.0955 e. The lowest BCUT2D eigenvalue weighted by molar-refractivity contribution is 0.618. The molecule has 3 aliphatic carbocycles. The van der Waals surface area contributed by atoms with Crippen LogP contribution in [-0.2, 0) is 12.8 Å². The summed E-state index contributed by atoms with van der Waals surface area (Å²) >= 11 is 0. The van der Waals surface area contributed by atoms with E-state index >= 15 is 0 Å². The van der Waals surface area contributed by atoms with E-state index in [1.807, 2.05) is 0 Å². The number of benzene rings is 3. The minimum atomic E-state index is 0.248. The molecular weight excluding hydrogens is 456 g/mol. The normalized spacial score (nSPS) is 21.6. The third-order valence-corrected chi connectivity index (χ3v) is 8.94. The van der Waals surface area contributed by atoms with E-state index in [0.29, 0.717) is 0 Å². The van der Waals surface area contributed by atoms with Crippen LogP contribution in [0.2, 0.25) is 0 Å². The van der Waals surface area contributed by atoms with Gasteiger partial charge in [0.05, 0.1) is 0 Å². The summed E-state index contributed by atoms with van der Waals surface area (Å²) in [5.74, 6) is 0.528. The van der Waals surface area contributed by atoms with Crippen LogP contribution < -0.4 is 0 Å². The Kier molecular flexibility index (Phi) is 6.44. The first-order valence-electron chi connectivity index (χ1n) is 14.3. The first-order chi connectivity index (χ1) is 18.5. The van der Waals surface area contributed by atoms with Gasteiger partial charge in [0.2, 0.25) is 0 Å². The maximum absolute atomic E-state index is 4.81. The van der Waals surface area contributed by atoms with Gasteiger partial charge in [-0.25, -0.2) is 0 Å². The highest BCUT2D eigenvalue weighted by molar-refractivity contribution is 5.89. The van der Waals surface area contributed by atoms with Crippen LogP contribution in [0.25, 0.3) is 16.3 Å². The smallest absolute Gasteiger partial charge is 0.0210 e. The van der Waals surface area contributed by atoms with Crippen molar-refractivity contribution in [3.8, 4) is 0 Å². The molecule has 0 bridgehead atoms. The van der Waals surface area contributed by atoms with Gasteiger partial charge in [0, 0.05) is 11.8 Å². The third kappa shape index (κ3) is 3.99. The zero-order chi connectivity index (χ0) is 26.4. The van der Waals surface area contributed by atoms with Crippen molar-refractivity contribution < 1.29 is 0 Å². The quantitative estimate of drug-likeness (QED) is 0.320. The highest BCUT2D eigenvalue weighted by Crippen LogP contribution is 2.56. The topological polar surface area (TPSA) is 0 Å². The predicted molar refractivity (Wildman–Crippen MR) is 164 cm³/mol. The Morgan fingerprint density at radius 2 is 1.76 bits per heavy atom. The molecule has 0 amide bonds. The van der Waals surface area contributed by atoms with Crippen LogP contribution in [-0.4, -0.2) is 0 Å². The third-order valence-electron chi connectivity index (χ3n) is 8.94. The number of hydrogen-bond donors (Lipinski definition) is 0. The molecule has 2 atom stereocenters. The number of allylic oxidation sites excluding steroid dienone is 10. The summed E-state index contributed by atoms with van der Waals surface area (Å²) in [6, 6.07) is 22.4. The molecule has 2 unspecified atom stereocenters. The minimum absolute atomic E-state index is 0.248. The average molecular weight is 495 g/mol. The Hall–Kier alpha value is -3.64. The molecule has 6 rings (SSSR count). The summed E-state index contributed by atoms with van der Waals surface area (Å²) in [6.45, 7) is 16.3. The maximum atomic E-state index is 4.81. The zero-order valence-corrected chi connectivity index (χ0v) is 23.1. The van der Waals surface area contributed by atoms with E-state index in [4.69, 9.17) is 6.58 Å². The van der Waals surface area contributed by atoms with Crippen molar-refractivity contribution in [1.82, 2.24) is 0 Å². The van der Waals surface area contributed by atoms with Gasteiger partial charge >= 0.3 is 0 Å². The lowest BCUT2D eigenvalue weighted by Gasteiger charge is -2.36. The molecule has 0 aliphatic heterocycles. The standard InChI is InChI=1S/C38H38/c1-6-12-24(3)35-25(4)21-32-23-31(22-30-20-19-28-13-8-10-15-33(28)30)26(5)36(32)38(35)37-27(7-2)17-18-29-14-9-11-16-34(29)37/h8-11,13-18,20-22,36,38H,3,5-7,12,19,23H2,1-2,4H3/b31-22+. The van der Waals surface area contributed by atoms with Gasteiger partial charge in [-0.1, -0.05) is 123 Å². The molecule has 0 aromatic heterocycles. The molecular formula is C38H38.